The highest BCUT2D eigenvalue weighted by molar-refractivity contribution is 5.86. The smallest absolute Gasteiger partial charge is 0.328 e. The first-order valence-corrected chi connectivity index (χ1v) is 7.07. The van der Waals surface area contributed by atoms with E-state index in [-0.39, 0.29) is 6.79 Å². The van der Waals surface area contributed by atoms with E-state index in [4.69, 9.17) is 19.3 Å². The van der Waals surface area contributed by atoms with E-state index < -0.39 is 5.97 Å². The fourth-order valence-electron chi connectivity index (χ4n) is 2.16. The lowest BCUT2D eigenvalue weighted by atomic mass is 10.1. The number of fused-ring (bicyclic) bond motifs is 1. The molecule has 1 aromatic rings. The molecule has 1 aliphatic rings. The molecule has 21 heavy (non-hydrogen) atoms. The van der Waals surface area contributed by atoms with Crippen LogP contribution in [-0.4, -0.2) is 24.5 Å². The van der Waals surface area contributed by atoms with E-state index in [1.165, 1.54) is 6.08 Å². The minimum absolute atomic E-state index is 0.174. The van der Waals surface area contributed by atoms with E-state index in [0.29, 0.717) is 35.3 Å². The third-order valence-electron chi connectivity index (χ3n) is 3.22. The second-order valence-corrected chi connectivity index (χ2v) is 5.12. The van der Waals surface area contributed by atoms with Gasteiger partial charge in [0, 0.05) is 17.7 Å². The highest BCUT2D eigenvalue weighted by Crippen LogP contribution is 2.38. The molecule has 2 rings (SSSR count). The third kappa shape index (κ3) is 4.15. The van der Waals surface area contributed by atoms with Gasteiger partial charge < -0.3 is 19.3 Å². The summed E-state index contributed by atoms with van der Waals surface area (Å²) in [4.78, 5) is 10.7. The molecule has 0 spiro atoms. The lowest BCUT2D eigenvalue weighted by Gasteiger charge is -2.14. The number of carboxylic acids is 1. The molecule has 5 heteroatoms. The van der Waals surface area contributed by atoms with Crippen LogP contribution in [0, 0.1) is 5.92 Å². The van der Waals surface area contributed by atoms with Gasteiger partial charge in [-0.2, -0.15) is 0 Å². The van der Waals surface area contributed by atoms with Gasteiger partial charge in [-0.15, -0.1) is 0 Å². The van der Waals surface area contributed by atoms with Crippen LogP contribution in [0.3, 0.4) is 0 Å². The quantitative estimate of drug-likeness (QED) is 0.781. The summed E-state index contributed by atoms with van der Waals surface area (Å²) in [5.41, 5.74) is 0.672. The molecule has 0 amide bonds. The maximum atomic E-state index is 10.7. The van der Waals surface area contributed by atoms with Crippen LogP contribution in [0.1, 0.15) is 32.3 Å². The van der Waals surface area contributed by atoms with Gasteiger partial charge in [-0.3, -0.25) is 0 Å². The molecular formula is C16H20O5. The molecule has 0 saturated carbocycles. The summed E-state index contributed by atoms with van der Waals surface area (Å²) in [6.45, 7) is 5.02. The van der Waals surface area contributed by atoms with Crippen molar-refractivity contribution in [3.05, 3.63) is 23.8 Å². The molecule has 1 unspecified atom stereocenters. The Bertz CT molecular complexity index is 536. The monoisotopic (exact) mass is 292 g/mol. The van der Waals surface area contributed by atoms with Crippen molar-refractivity contribution in [2.24, 2.45) is 5.92 Å². The zero-order valence-corrected chi connectivity index (χ0v) is 12.3. The molecule has 1 aliphatic heterocycles. The van der Waals surface area contributed by atoms with Crippen LogP contribution in [0.2, 0.25) is 0 Å². The van der Waals surface area contributed by atoms with Gasteiger partial charge in [0.1, 0.15) is 5.75 Å². The summed E-state index contributed by atoms with van der Waals surface area (Å²) in [5.74, 6) is 1.28. The van der Waals surface area contributed by atoms with Crippen molar-refractivity contribution in [2.75, 3.05) is 13.4 Å². The van der Waals surface area contributed by atoms with Crippen LogP contribution in [-0.2, 0) is 4.79 Å². The summed E-state index contributed by atoms with van der Waals surface area (Å²) in [7, 11) is 0. The minimum atomic E-state index is -1.00. The lowest BCUT2D eigenvalue weighted by Crippen LogP contribution is -2.08. The van der Waals surface area contributed by atoms with Crippen LogP contribution in [0.4, 0.5) is 0 Å². The number of ether oxygens (including phenoxy) is 3. The van der Waals surface area contributed by atoms with Crippen LogP contribution < -0.4 is 14.2 Å². The van der Waals surface area contributed by atoms with Crippen molar-refractivity contribution in [2.45, 2.75) is 26.7 Å². The SMILES string of the molecule is CCCC(C)COc1cc2c(cc1C=CC(=O)O)OCO2. The number of benzene rings is 1. The molecule has 0 fully saturated rings. The van der Waals surface area contributed by atoms with E-state index in [0.717, 1.165) is 18.9 Å². The highest BCUT2D eigenvalue weighted by Gasteiger charge is 2.17. The van der Waals surface area contributed by atoms with Crippen molar-refractivity contribution in [3.8, 4) is 17.2 Å². The zero-order valence-electron chi connectivity index (χ0n) is 12.3. The average molecular weight is 292 g/mol. The van der Waals surface area contributed by atoms with Crippen LogP contribution in [0.5, 0.6) is 17.2 Å². The Morgan fingerprint density at radius 2 is 2.14 bits per heavy atom. The normalized spacial score (nSPS) is 14.4. The molecule has 1 aromatic carbocycles. The predicted octanol–water partition coefficient (Wildman–Crippen LogP) is 3.33. The molecule has 0 bridgehead atoms. The van der Waals surface area contributed by atoms with Crippen LogP contribution in [0.25, 0.3) is 6.08 Å². The summed E-state index contributed by atoms with van der Waals surface area (Å²) in [6.07, 6.45) is 4.78. The van der Waals surface area contributed by atoms with Gasteiger partial charge in [0.05, 0.1) is 6.61 Å². The first kappa shape index (κ1) is 15.2. The fourth-order valence-corrected chi connectivity index (χ4v) is 2.16. The third-order valence-corrected chi connectivity index (χ3v) is 3.22. The lowest BCUT2D eigenvalue weighted by molar-refractivity contribution is -0.131. The molecule has 0 radical (unpaired) electrons. The van der Waals surface area contributed by atoms with Crippen molar-refractivity contribution < 1.29 is 24.1 Å². The van der Waals surface area contributed by atoms with Gasteiger partial charge in [-0.05, 0) is 24.5 Å². The second kappa shape index (κ2) is 7.02. The van der Waals surface area contributed by atoms with Gasteiger partial charge >= 0.3 is 5.97 Å². The molecule has 1 atom stereocenters. The van der Waals surface area contributed by atoms with Gasteiger partial charge in [-0.1, -0.05) is 20.3 Å². The molecule has 5 nitrogen and oxygen atoms in total. The average Bonchev–Trinajstić information content (AvgIpc) is 2.89. The summed E-state index contributed by atoms with van der Waals surface area (Å²) >= 11 is 0. The minimum Gasteiger partial charge on any atom is -0.493 e. The second-order valence-electron chi connectivity index (χ2n) is 5.12. The maximum absolute atomic E-state index is 10.7. The van der Waals surface area contributed by atoms with Gasteiger partial charge in [-0.25, -0.2) is 4.79 Å². The van der Waals surface area contributed by atoms with E-state index in [2.05, 4.69) is 13.8 Å². The number of rotatable bonds is 7. The summed E-state index contributed by atoms with van der Waals surface area (Å²) in [5, 5.41) is 8.76. The fraction of sp³-hybridized carbons (Fsp3) is 0.438. The van der Waals surface area contributed by atoms with E-state index >= 15 is 0 Å². The highest BCUT2D eigenvalue weighted by atomic mass is 16.7. The predicted molar refractivity (Wildman–Crippen MR) is 78.8 cm³/mol. The standard InChI is InChI=1S/C16H20O5/c1-3-4-11(2)9-19-13-8-15-14(20-10-21-15)7-12(13)5-6-16(17)18/h5-8,11H,3-4,9-10H2,1-2H3,(H,17,18). The van der Waals surface area contributed by atoms with E-state index in [1.54, 1.807) is 12.1 Å². The zero-order chi connectivity index (χ0) is 15.2. The Labute approximate surface area is 124 Å². The van der Waals surface area contributed by atoms with Crippen LogP contribution in [0.15, 0.2) is 18.2 Å². The molecular weight excluding hydrogens is 272 g/mol. The Kier molecular flexibility index (Phi) is 5.09. The molecule has 1 heterocycles. The number of carboxylic acid groups (broad SMARTS) is 1. The molecule has 114 valence electrons. The van der Waals surface area contributed by atoms with Crippen molar-refractivity contribution in [1.82, 2.24) is 0 Å². The Balaban J connectivity index is 2.18. The van der Waals surface area contributed by atoms with Crippen LogP contribution >= 0.6 is 0 Å². The topological polar surface area (TPSA) is 65.0 Å². The number of aliphatic carboxylic acids is 1. The number of carbonyl (C=O) groups is 1. The largest absolute Gasteiger partial charge is 0.493 e. The maximum Gasteiger partial charge on any atom is 0.328 e. The van der Waals surface area contributed by atoms with E-state index in [1.807, 2.05) is 0 Å². The number of hydrogen-bond donors (Lipinski definition) is 1. The number of hydrogen-bond acceptors (Lipinski definition) is 4. The molecule has 0 aliphatic carbocycles. The van der Waals surface area contributed by atoms with Crippen molar-refractivity contribution in [1.29, 1.82) is 0 Å². The van der Waals surface area contributed by atoms with Gasteiger partial charge in [0.15, 0.2) is 11.5 Å². The van der Waals surface area contributed by atoms with Crippen molar-refractivity contribution >= 4 is 12.0 Å². The Hall–Kier alpha value is -2.17. The Morgan fingerprint density at radius 3 is 2.81 bits per heavy atom. The first-order chi connectivity index (χ1) is 10.1. The molecule has 0 aromatic heterocycles. The van der Waals surface area contributed by atoms with Crippen molar-refractivity contribution in [3.63, 3.8) is 0 Å². The summed E-state index contributed by atoms with van der Waals surface area (Å²) < 4.78 is 16.5. The summed E-state index contributed by atoms with van der Waals surface area (Å²) in [6, 6.07) is 3.49. The molecule has 1 N–H and O–H groups in total. The molecule has 0 saturated heterocycles. The first-order valence-electron chi connectivity index (χ1n) is 7.07. The van der Waals surface area contributed by atoms with Gasteiger partial charge in [0.2, 0.25) is 6.79 Å². The van der Waals surface area contributed by atoms with Gasteiger partial charge in [0.25, 0.3) is 0 Å². The van der Waals surface area contributed by atoms with E-state index in [9.17, 15) is 4.79 Å². The Morgan fingerprint density at radius 1 is 1.43 bits per heavy atom.